The second kappa shape index (κ2) is 5.64. The van der Waals surface area contributed by atoms with E-state index in [1.54, 1.807) is 0 Å². The molecular formula is C16H24N2O. The van der Waals surface area contributed by atoms with E-state index in [1.807, 2.05) is 30.0 Å². The molecular weight excluding hydrogens is 236 g/mol. The van der Waals surface area contributed by atoms with Crippen LogP contribution in [0.2, 0.25) is 0 Å². The van der Waals surface area contributed by atoms with Gasteiger partial charge in [0.2, 0.25) is 0 Å². The van der Waals surface area contributed by atoms with Crippen molar-refractivity contribution in [2.24, 2.45) is 5.92 Å². The third-order valence-electron chi connectivity index (χ3n) is 3.71. The van der Waals surface area contributed by atoms with Gasteiger partial charge in [-0.2, -0.15) is 0 Å². The van der Waals surface area contributed by atoms with Crippen LogP contribution in [-0.2, 0) is 0 Å². The fraction of sp³-hybridized carbons (Fsp3) is 0.562. The van der Waals surface area contributed by atoms with Crippen molar-refractivity contribution < 1.29 is 4.79 Å². The number of carbonyl (C=O) groups is 1. The number of rotatable bonds is 5. The van der Waals surface area contributed by atoms with Gasteiger partial charge in [-0.1, -0.05) is 26.0 Å². The zero-order valence-electron chi connectivity index (χ0n) is 12.1. The van der Waals surface area contributed by atoms with Crippen LogP contribution in [0.4, 0.5) is 5.69 Å². The number of carbonyl (C=O) groups excluding carboxylic acids is 1. The summed E-state index contributed by atoms with van der Waals surface area (Å²) in [4.78, 5) is 14.8. The number of hydrogen-bond acceptors (Lipinski definition) is 2. The van der Waals surface area contributed by atoms with Gasteiger partial charge in [0.25, 0.3) is 5.91 Å². The fourth-order valence-corrected chi connectivity index (χ4v) is 2.36. The van der Waals surface area contributed by atoms with Gasteiger partial charge in [-0.05, 0) is 43.7 Å². The maximum atomic E-state index is 12.7. The van der Waals surface area contributed by atoms with Crippen molar-refractivity contribution in [1.82, 2.24) is 4.90 Å². The molecule has 0 radical (unpaired) electrons. The first-order valence-electron chi connectivity index (χ1n) is 7.16. The molecule has 1 aliphatic carbocycles. The maximum Gasteiger partial charge on any atom is 0.256 e. The van der Waals surface area contributed by atoms with Gasteiger partial charge in [0.15, 0.2) is 0 Å². The molecule has 3 nitrogen and oxygen atoms in total. The van der Waals surface area contributed by atoms with Crippen LogP contribution in [0, 0.1) is 12.8 Å². The third-order valence-corrected chi connectivity index (χ3v) is 3.71. The summed E-state index contributed by atoms with van der Waals surface area (Å²) in [5.41, 5.74) is 8.25. The standard InChI is InChI=1S/C16H24N2O/c1-11(2)9-10-18(13-7-8-13)16(19)15-12(3)5-4-6-14(15)17/h4-6,11,13H,7-10,17H2,1-3H3. The number of nitrogen functional groups attached to an aromatic ring is 1. The topological polar surface area (TPSA) is 46.3 Å². The first kappa shape index (κ1) is 13.9. The molecule has 1 saturated carbocycles. The molecule has 1 amide bonds. The van der Waals surface area contributed by atoms with E-state index in [-0.39, 0.29) is 5.91 Å². The van der Waals surface area contributed by atoms with Crippen molar-refractivity contribution in [2.45, 2.75) is 46.1 Å². The molecule has 104 valence electrons. The normalized spacial score (nSPS) is 14.7. The Hall–Kier alpha value is -1.51. The Morgan fingerprint density at radius 2 is 2.11 bits per heavy atom. The Balaban J connectivity index is 2.19. The van der Waals surface area contributed by atoms with Crippen LogP contribution < -0.4 is 5.73 Å². The summed E-state index contributed by atoms with van der Waals surface area (Å²) >= 11 is 0. The highest BCUT2D eigenvalue weighted by Gasteiger charge is 2.33. The van der Waals surface area contributed by atoms with Crippen molar-refractivity contribution in [3.05, 3.63) is 29.3 Å². The largest absolute Gasteiger partial charge is 0.398 e. The summed E-state index contributed by atoms with van der Waals surface area (Å²) in [6.07, 6.45) is 3.32. The molecule has 0 saturated heterocycles. The molecule has 0 bridgehead atoms. The summed E-state index contributed by atoms with van der Waals surface area (Å²) in [6.45, 7) is 7.18. The van der Waals surface area contributed by atoms with Gasteiger partial charge in [-0.15, -0.1) is 0 Å². The number of aryl methyl sites for hydroxylation is 1. The van der Waals surface area contributed by atoms with E-state index in [0.717, 1.165) is 31.4 Å². The average Bonchev–Trinajstić information content (AvgIpc) is 3.13. The Kier molecular flexibility index (Phi) is 4.13. The number of nitrogens with zero attached hydrogens (tertiary/aromatic N) is 1. The van der Waals surface area contributed by atoms with E-state index >= 15 is 0 Å². The van der Waals surface area contributed by atoms with E-state index in [0.29, 0.717) is 23.2 Å². The molecule has 2 N–H and O–H groups in total. The molecule has 1 aromatic carbocycles. The van der Waals surface area contributed by atoms with Gasteiger partial charge in [0.1, 0.15) is 0 Å². The number of benzene rings is 1. The number of hydrogen-bond donors (Lipinski definition) is 1. The predicted octanol–water partition coefficient (Wildman–Crippen LogP) is 3.23. The summed E-state index contributed by atoms with van der Waals surface area (Å²) in [5.74, 6) is 0.724. The van der Waals surface area contributed by atoms with E-state index in [2.05, 4.69) is 13.8 Å². The number of anilines is 1. The third kappa shape index (κ3) is 3.28. The highest BCUT2D eigenvalue weighted by molar-refractivity contribution is 6.00. The van der Waals surface area contributed by atoms with Gasteiger partial charge in [0.05, 0.1) is 5.56 Å². The summed E-state index contributed by atoms with van der Waals surface area (Å²) in [7, 11) is 0. The Bertz CT molecular complexity index is 444. The summed E-state index contributed by atoms with van der Waals surface area (Å²) in [6, 6.07) is 6.10. The lowest BCUT2D eigenvalue weighted by Crippen LogP contribution is -2.35. The number of amides is 1. The second-order valence-corrected chi connectivity index (χ2v) is 5.95. The smallest absolute Gasteiger partial charge is 0.256 e. The molecule has 0 aromatic heterocycles. The molecule has 1 fully saturated rings. The molecule has 0 heterocycles. The minimum atomic E-state index is 0.110. The van der Waals surface area contributed by atoms with Gasteiger partial charge in [-0.25, -0.2) is 0 Å². The van der Waals surface area contributed by atoms with Crippen LogP contribution in [0.5, 0.6) is 0 Å². The highest BCUT2D eigenvalue weighted by atomic mass is 16.2. The van der Waals surface area contributed by atoms with Crippen molar-refractivity contribution in [1.29, 1.82) is 0 Å². The SMILES string of the molecule is Cc1cccc(N)c1C(=O)N(CCC(C)C)C1CC1. The van der Waals surface area contributed by atoms with E-state index in [1.165, 1.54) is 0 Å². The van der Waals surface area contributed by atoms with E-state index in [4.69, 9.17) is 5.73 Å². The number of nitrogens with two attached hydrogens (primary N) is 1. The first-order chi connectivity index (χ1) is 9.00. The van der Waals surface area contributed by atoms with Gasteiger partial charge >= 0.3 is 0 Å². The average molecular weight is 260 g/mol. The van der Waals surface area contributed by atoms with E-state index in [9.17, 15) is 4.79 Å². The maximum absolute atomic E-state index is 12.7. The van der Waals surface area contributed by atoms with Gasteiger partial charge in [0, 0.05) is 18.3 Å². The summed E-state index contributed by atoms with van der Waals surface area (Å²) < 4.78 is 0. The zero-order valence-corrected chi connectivity index (χ0v) is 12.1. The second-order valence-electron chi connectivity index (χ2n) is 5.95. The van der Waals surface area contributed by atoms with Crippen LogP contribution in [-0.4, -0.2) is 23.4 Å². The molecule has 0 atom stereocenters. The quantitative estimate of drug-likeness (QED) is 0.826. The van der Waals surface area contributed by atoms with Crippen LogP contribution in [0.15, 0.2) is 18.2 Å². The van der Waals surface area contributed by atoms with Crippen LogP contribution in [0.1, 0.15) is 49.0 Å². The molecule has 1 aliphatic rings. The van der Waals surface area contributed by atoms with Crippen LogP contribution in [0.3, 0.4) is 0 Å². The Morgan fingerprint density at radius 1 is 1.42 bits per heavy atom. The fourth-order valence-electron chi connectivity index (χ4n) is 2.36. The molecule has 3 heteroatoms. The molecule has 2 rings (SSSR count). The van der Waals surface area contributed by atoms with Gasteiger partial charge < -0.3 is 10.6 Å². The van der Waals surface area contributed by atoms with Crippen molar-refractivity contribution in [2.75, 3.05) is 12.3 Å². The minimum absolute atomic E-state index is 0.110. The zero-order chi connectivity index (χ0) is 14.0. The van der Waals surface area contributed by atoms with Crippen LogP contribution in [0.25, 0.3) is 0 Å². The molecule has 0 aliphatic heterocycles. The minimum Gasteiger partial charge on any atom is -0.398 e. The monoisotopic (exact) mass is 260 g/mol. The lowest BCUT2D eigenvalue weighted by Gasteiger charge is -2.25. The first-order valence-corrected chi connectivity index (χ1v) is 7.16. The van der Waals surface area contributed by atoms with Crippen LogP contribution >= 0.6 is 0 Å². The molecule has 1 aromatic rings. The molecule has 0 spiro atoms. The Morgan fingerprint density at radius 3 is 2.63 bits per heavy atom. The van der Waals surface area contributed by atoms with Gasteiger partial charge in [-0.3, -0.25) is 4.79 Å². The van der Waals surface area contributed by atoms with E-state index < -0.39 is 0 Å². The van der Waals surface area contributed by atoms with Crippen molar-refractivity contribution in [3.8, 4) is 0 Å². The highest BCUT2D eigenvalue weighted by Crippen LogP contribution is 2.30. The predicted molar refractivity (Wildman–Crippen MR) is 79.1 cm³/mol. The lowest BCUT2D eigenvalue weighted by molar-refractivity contribution is 0.0736. The molecule has 19 heavy (non-hydrogen) atoms. The molecule has 0 unspecified atom stereocenters. The van der Waals surface area contributed by atoms with Crippen molar-refractivity contribution in [3.63, 3.8) is 0 Å². The Labute approximate surface area is 115 Å². The van der Waals surface area contributed by atoms with Crippen molar-refractivity contribution >= 4 is 11.6 Å². The lowest BCUT2D eigenvalue weighted by atomic mass is 10.0. The summed E-state index contributed by atoms with van der Waals surface area (Å²) in [5, 5.41) is 0.